The van der Waals surface area contributed by atoms with Crippen LogP contribution in [0.3, 0.4) is 0 Å². The van der Waals surface area contributed by atoms with Gasteiger partial charge in [0.05, 0.1) is 23.8 Å². The van der Waals surface area contributed by atoms with E-state index in [1.165, 1.54) is 25.4 Å². The van der Waals surface area contributed by atoms with E-state index >= 15 is 0 Å². The zero-order valence-corrected chi connectivity index (χ0v) is 10.5. The van der Waals surface area contributed by atoms with Crippen LogP contribution in [0.1, 0.15) is 26.3 Å². The highest BCUT2D eigenvalue weighted by atomic mass is 19.1. The van der Waals surface area contributed by atoms with Crippen molar-refractivity contribution in [3.05, 3.63) is 59.2 Å². The van der Waals surface area contributed by atoms with Gasteiger partial charge >= 0.3 is 5.97 Å². The lowest BCUT2D eigenvalue weighted by Gasteiger charge is -2.09. The lowest BCUT2D eigenvalue weighted by atomic mass is 9.99. The van der Waals surface area contributed by atoms with Gasteiger partial charge in [-0.2, -0.15) is 0 Å². The maximum Gasteiger partial charge on any atom is 0.336 e. The van der Waals surface area contributed by atoms with Gasteiger partial charge in [-0.15, -0.1) is 0 Å². The molecule has 0 spiro atoms. The van der Waals surface area contributed by atoms with Crippen molar-refractivity contribution in [1.82, 2.24) is 4.98 Å². The molecule has 0 saturated heterocycles. The van der Waals surface area contributed by atoms with Gasteiger partial charge in [-0.05, 0) is 24.3 Å². The highest BCUT2D eigenvalue weighted by Gasteiger charge is 2.21. The molecule has 6 heteroatoms. The molecule has 0 fully saturated rings. The number of hydrogen-bond acceptors (Lipinski definition) is 4. The number of methoxy groups -OCH3 is 1. The van der Waals surface area contributed by atoms with E-state index in [-0.39, 0.29) is 22.4 Å². The molecule has 1 heterocycles. The Morgan fingerprint density at radius 3 is 2.60 bits per heavy atom. The van der Waals surface area contributed by atoms with E-state index in [2.05, 4.69) is 4.98 Å². The van der Waals surface area contributed by atoms with Gasteiger partial charge in [-0.1, -0.05) is 0 Å². The Hall–Kier alpha value is -2.76. The Morgan fingerprint density at radius 2 is 1.95 bits per heavy atom. The number of aromatic nitrogens is 1. The van der Waals surface area contributed by atoms with Gasteiger partial charge < -0.3 is 9.84 Å². The molecule has 0 radical (unpaired) electrons. The molecule has 0 aliphatic heterocycles. The first-order chi connectivity index (χ1) is 9.54. The Kier molecular flexibility index (Phi) is 3.74. The van der Waals surface area contributed by atoms with Gasteiger partial charge in [0, 0.05) is 12.4 Å². The summed E-state index contributed by atoms with van der Waals surface area (Å²) in [6.45, 7) is 0. The fourth-order valence-electron chi connectivity index (χ4n) is 1.76. The molecule has 0 aliphatic carbocycles. The molecule has 0 amide bonds. The molecular weight excluding hydrogens is 265 g/mol. The second-order valence-electron chi connectivity index (χ2n) is 3.90. The Morgan fingerprint density at radius 1 is 1.20 bits per heavy atom. The fraction of sp³-hybridized carbons (Fsp3) is 0.0714. The third kappa shape index (κ3) is 2.49. The van der Waals surface area contributed by atoms with Crippen LogP contribution in [0, 0.1) is 5.82 Å². The van der Waals surface area contributed by atoms with Crippen molar-refractivity contribution in [2.24, 2.45) is 0 Å². The van der Waals surface area contributed by atoms with Crippen LogP contribution >= 0.6 is 0 Å². The van der Waals surface area contributed by atoms with E-state index in [1.54, 1.807) is 0 Å². The van der Waals surface area contributed by atoms with Gasteiger partial charge in [-0.25, -0.2) is 9.18 Å². The maximum atomic E-state index is 13.3. The quantitative estimate of drug-likeness (QED) is 0.865. The van der Waals surface area contributed by atoms with Crippen LogP contribution in [0.2, 0.25) is 0 Å². The zero-order valence-electron chi connectivity index (χ0n) is 10.5. The molecule has 0 unspecified atom stereocenters. The van der Waals surface area contributed by atoms with Gasteiger partial charge in [0.15, 0.2) is 5.78 Å². The summed E-state index contributed by atoms with van der Waals surface area (Å²) in [5.74, 6) is -2.37. The smallest absolute Gasteiger partial charge is 0.336 e. The van der Waals surface area contributed by atoms with Crippen LogP contribution in [0.4, 0.5) is 4.39 Å². The molecule has 2 rings (SSSR count). The highest BCUT2D eigenvalue weighted by Crippen LogP contribution is 2.23. The number of hydrogen-bond donors (Lipinski definition) is 1. The Bertz CT molecular complexity index is 685. The predicted molar refractivity (Wildman–Crippen MR) is 67.6 cm³/mol. The van der Waals surface area contributed by atoms with Crippen LogP contribution in [0.25, 0.3) is 0 Å². The highest BCUT2D eigenvalue weighted by molar-refractivity contribution is 6.15. The van der Waals surface area contributed by atoms with Gasteiger partial charge in [0.25, 0.3) is 0 Å². The van der Waals surface area contributed by atoms with Crippen LogP contribution in [0.5, 0.6) is 5.75 Å². The number of halogens is 1. The Labute approximate surface area is 113 Å². The van der Waals surface area contributed by atoms with Crippen molar-refractivity contribution in [2.45, 2.75) is 0 Å². The van der Waals surface area contributed by atoms with E-state index < -0.39 is 17.6 Å². The number of carbonyl (C=O) groups is 2. The maximum absolute atomic E-state index is 13.3. The topological polar surface area (TPSA) is 76.5 Å². The number of pyridine rings is 1. The molecule has 0 aliphatic rings. The largest absolute Gasteiger partial charge is 0.496 e. The van der Waals surface area contributed by atoms with E-state index in [1.807, 2.05) is 0 Å². The summed E-state index contributed by atoms with van der Waals surface area (Å²) in [6, 6.07) is 4.66. The Balaban J connectivity index is 2.57. The number of rotatable bonds is 4. The average molecular weight is 275 g/mol. The number of benzene rings is 1. The summed E-state index contributed by atoms with van der Waals surface area (Å²) in [4.78, 5) is 27.2. The van der Waals surface area contributed by atoms with E-state index in [0.717, 1.165) is 18.3 Å². The summed E-state index contributed by atoms with van der Waals surface area (Å²) in [7, 11) is 1.34. The van der Waals surface area contributed by atoms with Crippen LogP contribution < -0.4 is 4.74 Å². The molecule has 102 valence electrons. The molecule has 0 bridgehead atoms. The molecule has 1 aromatic carbocycles. The minimum absolute atomic E-state index is 0.0528. The van der Waals surface area contributed by atoms with Crippen molar-refractivity contribution in [3.8, 4) is 5.75 Å². The number of carboxylic acids is 1. The number of ether oxygens (including phenoxy) is 1. The van der Waals surface area contributed by atoms with Gasteiger partial charge in [-0.3, -0.25) is 9.78 Å². The summed E-state index contributed by atoms with van der Waals surface area (Å²) in [5.41, 5.74) is -0.372. The predicted octanol–water partition coefficient (Wildman–Crippen LogP) is 2.16. The second kappa shape index (κ2) is 5.48. The van der Waals surface area contributed by atoms with Crippen molar-refractivity contribution in [2.75, 3.05) is 7.11 Å². The van der Waals surface area contributed by atoms with Crippen LogP contribution in [-0.4, -0.2) is 29.0 Å². The normalized spacial score (nSPS) is 10.1. The van der Waals surface area contributed by atoms with Gasteiger partial charge in [0.1, 0.15) is 11.6 Å². The SMILES string of the molecule is COc1ccc(F)cc1C(=O)c1cnccc1C(=O)O. The van der Waals surface area contributed by atoms with E-state index in [4.69, 9.17) is 9.84 Å². The van der Waals surface area contributed by atoms with Crippen LogP contribution in [-0.2, 0) is 0 Å². The number of aromatic carboxylic acids is 1. The number of carbonyl (C=O) groups excluding carboxylic acids is 1. The van der Waals surface area contributed by atoms with Crippen molar-refractivity contribution >= 4 is 11.8 Å². The number of nitrogens with zero attached hydrogens (tertiary/aromatic N) is 1. The first kappa shape index (κ1) is 13.7. The summed E-state index contributed by atoms with van der Waals surface area (Å²) in [5, 5.41) is 9.06. The molecule has 0 atom stereocenters. The van der Waals surface area contributed by atoms with Gasteiger partial charge in [0.2, 0.25) is 0 Å². The minimum atomic E-state index is -1.26. The molecule has 0 saturated carbocycles. The molecule has 2 aromatic rings. The van der Waals surface area contributed by atoms with Crippen LogP contribution in [0.15, 0.2) is 36.7 Å². The summed E-state index contributed by atoms with van der Waals surface area (Å²) in [6.07, 6.45) is 2.40. The zero-order chi connectivity index (χ0) is 14.7. The number of carboxylic acid groups (broad SMARTS) is 1. The lowest BCUT2D eigenvalue weighted by Crippen LogP contribution is -2.11. The third-order valence-electron chi connectivity index (χ3n) is 2.70. The van der Waals surface area contributed by atoms with Crippen molar-refractivity contribution in [3.63, 3.8) is 0 Å². The average Bonchev–Trinajstić information content (AvgIpc) is 2.46. The number of ketones is 1. The third-order valence-corrected chi connectivity index (χ3v) is 2.70. The van der Waals surface area contributed by atoms with Crippen molar-refractivity contribution < 1.29 is 23.8 Å². The minimum Gasteiger partial charge on any atom is -0.496 e. The second-order valence-corrected chi connectivity index (χ2v) is 3.90. The van der Waals surface area contributed by atoms with E-state index in [9.17, 15) is 14.0 Å². The molecule has 1 aromatic heterocycles. The van der Waals surface area contributed by atoms with Crippen molar-refractivity contribution in [1.29, 1.82) is 0 Å². The first-order valence-corrected chi connectivity index (χ1v) is 5.60. The molecule has 5 nitrogen and oxygen atoms in total. The first-order valence-electron chi connectivity index (χ1n) is 5.60. The van der Waals surface area contributed by atoms with E-state index in [0.29, 0.717) is 0 Å². The molecule has 20 heavy (non-hydrogen) atoms. The lowest BCUT2D eigenvalue weighted by molar-refractivity contribution is 0.0692. The summed E-state index contributed by atoms with van der Waals surface area (Å²) < 4.78 is 18.3. The standard InChI is InChI=1S/C14H10FNO4/c1-20-12-3-2-8(15)6-10(12)13(17)11-7-16-5-4-9(11)14(18)19/h2-7H,1H3,(H,18,19). The fourth-order valence-corrected chi connectivity index (χ4v) is 1.76. The molecular formula is C14H10FNO4. The summed E-state index contributed by atoms with van der Waals surface area (Å²) >= 11 is 0. The monoisotopic (exact) mass is 275 g/mol. The molecule has 1 N–H and O–H groups in total.